The molecule has 1 saturated carbocycles. The molecule has 5 rings (SSSR count). The van der Waals surface area contributed by atoms with Crippen molar-refractivity contribution in [3.8, 4) is 0 Å². The lowest BCUT2D eigenvalue weighted by Crippen LogP contribution is -2.33. The molecule has 1 saturated heterocycles. The van der Waals surface area contributed by atoms with E-state index < -0.39 is 0 Å². The van der Waals surface area contributed by atoms with Crippen molar-refractivity contribution in [3.05, 3.63) is 47.1 Å². The van der Waals surface area contributed by atoms with Crippen molar-refractivity contribution in [1.29, 1.82) is 0 Å². The summed E-state index contributed by atoms with van der Waals surface area (Å²) >= 11 is 3.62. The molecule has 128 valence electrons. The minimum absolute atomic E-state index is 0.527. The predicted molar refractivity (Wildman–Crippen MR) is 102 cm³/mol. The van der Waals surface area contributed by atoms with Gasteiger partial charge in [0.2, 0.25) is 0 Å². The van der Waals surface area contributed by atoms with E-state index in [0.717, 1.165) is 35.9 Å². The summed E-state index contributed by atoms with van der Waals surface area (Å²) in [4.78, 5) is 7.03. The highest BCUT2D eigenvalue weighted by atomic mass is 79.9. The molecule has 0 bridgehead atoms. The average Bonchev–Trinajstić information content (AvgIpc) is 3.38. The summed E-state index contributed by atoms with van der Waals surface area (Å²) in [5.41, 5.74) is 2.32. The Morgan fingerprint density at radius 2 is 1.88 bits per heavy atom. The fraction of sp³-hybridized carbons (Fsp3) is 0.421. The first-order valence-corrected chi connectivity index (χ1v) is 9.78. The molecule has 1 aromatic carbocycles. The van der Waals surface area contributed by atoms with Gasteiger partial charge in [-0.3, -0.25) is 4.98 Å². The summed E-state index contributed by atoms with van der Waals surface area (Å²) in [5, 5.41) is 9.83. The van der Waals surface area contributed by atoms with Gasteiger partial charge >= 0.3 is 0 Å². The first-order valence-electron chi connectivity index (χ1n) is 8.99. The highest BCUT2D eigenvalue weighted by Crippen LogP contribution is 2.39. The third-order valence-corrected chi connectivity index (χ3v) is 6.08. The molecular weight excluding hydrogens is 378 g/mol. The summed E-state index contributed by atoms with van der Waals surface area (Å²) in [7, 11) is 0. The van der Waals surface area contributed by atoms with Crippen molar-refractivity contribution in [3.63, 3.8) is 0 Å². The lowest BCUT2D eigenvalue weighted by atomic mass is 9.95. The molecule has 1 aliphatic carbocycles. The second-order valence-corrected chi connectivity index (χ2v) is 7.91. The van der Waals surface area contributed by atoms with E-state index in [9.17, 15) is 0 Å². The molecule has 0 radical (unpaired) electrons. The first kappa shape index (κ1) is 15.3. The smallest absolute Gasteiger partial charge is 0.136 e. The van der Waals surface area contributed by atoms with E-state index >= 15 is 0 Å². The summed E-state index contributed by atoms with van der Waals surface area (Å²) in [6.07, 6.45) is 8.65. The van der Waals surface area contributed by atoms with Gasteiger partial charge in [-0.15, -0.1) is 10.2 Å². The SMILES string of the molecule is Brc1cccc2c(N3CCC(c4nncn4C4CC4)CC3)ccnc12. The van der Waals surface area contributed by atoms with Crippen LogP contribution in [0.2, 0.25) is 0 Å². The molecule has 25 heavy (non-hydrogen) atoms. The van der Waals surface area contributed by atoms with E-state index in [1.165, 1.54) is 29.7 Å². The second-order valence-electron chi connectivity index (χ2n) is 7.05. The Labute approximate surface area is 155 Å². The average molecular weight is 398 g/mol. The highest BCUT2D eigenvalue weighted by Gasteiger charge is 2.31. The molecule has 0 spiro atoms. The van der Waals surface area contributed by atoms with Crippen LogP contribution in [0, 0.1) is 0 Å². The monoisotopic (exact) mass is 397 g/mol. The fourth-order valence-corrected chi connectivity index (χ4v) is 4.43. The van der Waals surface area contributed by atoms with Crippen molar-refractivity contribution in [1.82, 2.24) is 19.7 Å². The third kappa shape index (κ3) is 2.72. The molecule has 5 nitrogen and oxygen atoms in total. The van der Waals surface area contributed by atoms with Crippen LogP contribution in [-0.2, 0) is 0 Å². The van der Waals surface area contributed by atoms with Gasteiger partial charge in [-0.1, -0.05) is 12.1 Å². The number of aromatic nitrogens is 4. The zero-order chi connectivity index (χ0) is 16.8. The van der Waals surface area contributed by atoms with Gasteiger partial charge in [-0.25, -0.2) is 0 Å². The van der Waals surface area contributed by atoms with Gasteiger partial charge in [0.05, 0.1) is 5.52 Å². The minimum atomic E-state index is 0.527. The van der Waals surface area contributed by atoms with Crippen LogP contribution in [0.25, 0.3) is 10.9 Å². The van der Waals surface area contributed by atoms with Gasteiger partial charge < -0.3 is 9.47 Å². The van der Waals surface area contributed by atoms with Crippen LogP contribution in [0.1, 0.15) is 43.5 Å². The number of benzene rings is 1. The van der Waals surface area contributed by atoms with Crippen LogP contribution in [0.15, 0.2) is 41.3 Å². The number of fused-ring (bicyclic) bond motifs is 1. The number of halogens is 1. The van der Waals surface area contributed by atoms with Crippen molar-refractivity contribution in [2.45, 2.75) is 37.6 Å². The molecule has 1 aliphatic heterocycles. The molecule has 3 aromatic rings. The van der Waals surface area contributed by atoms with Crippen molar-refractivity contribution in [2.24, 2.45) is 0 Å². The molecule has 3 heterocycles. The Kier molecular flexibility index (Phi) is 3.73. The van der Waals surface area contributed by atoms with E-state index in [2.05, 4.69) is 64.8 Å². The van der Waals surface area contributed by atoms with E-state index in [0.29, 0.717) is 12.0 Å². The lowest BCUT2D eigenvalue weighted by molar-refractivity contribution is 0.466. The molecule has 0 atom stereocenters. The van der Waals surface area contributed by atoms with E-state index in [4.69, 9.17) is 0 Å². The fourth-order valence-electron chi connectivity index (χ4n) is 3.96. The van der Waals surface area contributed by atoms with Crippen LogP contribution >= 0.6 is 15.9 Å². The Morgan fingerprint density at radius 3 is 2.68 bits per heavy atom. The Bertz CT molecular complexity index is 909. The maximum Gasteiger partial charge on any atom is 0.136 e. The van der Waals surface area contributed by atoms with Gasteiger partial charge in [-0.2, -0.15) is 0 Å². The maximum atomic E-state index is 4.53. The van der Waals surface area contributed by atoms with Crippen molar-refractivity contribution < 1.29 is 0 Å². The number of pyridine rings is 1. The van der Waals surface area contributed by atoms with Gasteiger partial charge in [0.15, 0.2) is 0 Å². The van der Waals surface area contributed by atoms with Crippen molar-refractivity contribution in [2.75, 3.05) is 18.0 Å². The normalized spacial score (nSPS) is 18.8. The Morgan fingerprint density at radius 1 is 1.04 bits per heavy atom. The number of anilines is 1. The topological polar surface area (TPSA) is 46.8 Å². The molecule has 0 N–H and O–H groups in total. The zero-order valence-corrected chi connectivity index (χ0v) is 15.6. The molecule has 2 aliphatic rings. The summed E-state index contributed by atoms with van der Waals surface area (Å²) < 4.78 is 3.37. The van der Waals surface area contributed by atoms with E-state index in [-0.39, 0.29) is 0 Å². The number of para-hydroxylation sites is 1. The van der Waals surface area contributed by atoms with E-state index in [1.807, 2.05) is 12.5 Å². The maximum absolute atomic E-state index is 4.53. The number of rotatable bonds is 3. The lowest BCUT2D eigenvalue weighted by Gasteiger charge is -2.34. The summed E-state index contributed by atoms with van der Waals surface area (Å²) in [6, 6.07) is 9.10. The third-order valence-electron chi connectivity index (χ3n) is 5.44. The molecule has 0 unspecified atom stereocenters. The van der Waals surface area contributed by atoms with Gasteiger partial charge in [-0.05, 0) is 53.7 Å². The van der Waals surface area contributed by atoms with Crippen LogP contribution in [0.5, 0.6) is 0 Å². The predicted octanol–water partition coefficient (Wildman–Crippen LogP) is 4.31. The zero-order valence-electron chi connectivity index (χ0n) is 14.0. The largest absolute Gasteiger partial charge is 0.371 e. The van der Waals surface area contributed by atoms with Crippen molar-refractivity contribution >= 4 is 32.5 Å². The number of nitrogens with zero attached hydrogens (tertiary/aromatic N) is 5. The number of hydrogen-bond acceptors (Lipinski definition) is 4. The molecular formula is C19H20BrN5. The Hall–Kier alpha value is -1.95. The second kappa shape index (κ2) is 6.09. The van der Waals surface area contributed by atoms with E-state index in [1.54, 1.807) is 0 Å². The standard InChI is InChI=1S/C19H20BrN5/c20-16-3-1-2-15-17(6-9-21-18(15)16)24-10-7-13(8-11-24)19-23-22-12-25(19)14-4-5-14/h1-3,6,9,12-14H,4-5,7-8,10-11H2. The number of hydrogen-bond donors (Lipinski definition) is 0. The van der Waals surface area contributed by atoms with Crippen LogP contribution in [0.3, 0.4) is 0 Å². The molecule has 2 fully saturated rings. The first-order chi connectivity index (χ1) is 12.3. The molecule has 2 aromatic heterocycles. The molecule has 6 heteroatoms. The quantitative estimate of drug-likeness (QED) is 0.660. The van der Waals surface area contributed by atoms with Gasteiger partial charge in [0.1, 0.15) is 12.2 Å². The van der Waals surface area contributed by atoms with Crippen LogP contribution < -0.4 is 4.90 Å². The molecule has 0 amide bonds. The number of piperidine rings is 1. The highest BCUT2D eigenvalue weighted by molar-refractivity contribution is 9.10. The van der Waals surface area contributed by atoms with Gasteiger partial charge in [0, 0.05) is 46.8 Å². The van der Waals surface area contributed by atoms with Crippen LogP contribution in [-0.4, -0.2) is 32.8 Å². The van der Waals surface area contributed by atoms with Gasteiger partial charge in [0.25, 0.3) is 0 Å². The minimum Gasteiger partial charge on any atom is -0.371 e. The summed E-state index contributed by atoms with van der Waals surface area (Å²) in [5.74, 6) is 1.73. The Balaban J connectivity index is 1.38. The van der Waals surface area contributed by atoms with Crippen LogP contribution in [0.4, 0.5) is 5.69 Å². The summed E-state index contributed by atoms with van der Waals surface area (Å²) in [6.45, 7) is 2.10.